The van der Waals surface area contributed by atoms with Gasteiger partial charge in [-0.15, -0.1) is 0 Å². The summed E-state index contributed by atoms with van der Waals surface area (Å²) in [6.45, 7) is 9.38. The molecular weight excluding hydrogens is 246 g/mol. The molecule has 5 heteroatoms. The van der Waals surface area contributed by atoms with E-state index in [1.807, 2.05) is 13.8 Å². The molecule has 3 unspecified atom stereocenters. The molecule has 0 spiro atoms. The first-order chi connectivity index (χ1) is 8.84. The number of carboxylic acid groups (broad SMARTS) is 1. The molecule has 1 N–H and O–H groups in total. The molecule has 5 nitrogen and oxygen atoms in total. The van der Waals surface area contributed by atoms with Crippen molar-refractivity contribution in [2.45, 2.75) is 40.2 Å². The van der Waals surface area contributed by atoms with Crippen molar-refractivity contribution in [3.8, 4) is 0 Å². The lowest BCUT2D eigenvalue weighted by molar-refractivity contribution is -0.155. The monoisotopic (exact) mass is 271 g/mol. The van der Waals surface area contributed by atoms with Gasteiger partial charge in [0.05, 0.1) is 12.5 Å². The van der Waals surface area contributed by atoms with E-state index in [9.17, 15) is 14.7 Å². The van der Waals surface area contributed by atoms with E-state index in [0.29, 0.717) is 32.1 Å². The maximum Gasteiger partial charge on any atom is 0.308 e. The van der Waals surface area contributed by atoms with Gasteiger partial charge in [-0.05, 0) is 18.8 Å². The molecule has 1 aliphatic rings. The first-order valence-electron chi connectivity index (χ1n) is 6.94. The van der Waals surface area contributed by atoms with Crippen molar-refractivity contribution < 1.29 is 19.4 Å². The van der Waals surface area contributed by atoms with Crippen LogP contribution in [0, 0.1) is 17.8 Å². The SMILES string of the molecule is CC(C)COCCN1C(=O)CC(C)C(C(=O)O)C1C. The average Bonchev–Trinajstić information content (AvgIpc) is 2.26. The average molecular weight is 271 g/mol. The lowest BCUT2D eigenvalue weighted by Gasteiger charge is -2.40. The van der Waals surface area contributed by atoms with Crippen LogP contribution < -0.4 is 0 Å². The fourth-order valence-corrected chi connectivity index (χ4v) is 2.68. The smallest absolute Gasteiger partial charge is 0.308 e. The van der Waals surface area contributed by atoms with Gasteiger partial charge in [0.2, 0.25) is 5.91 Å². The van der Waals surface area contributed by atoms with E-state index in [2.05, 4.69) is 13.8 Å². The van der Waals surface area contributed by atoms with E-state index in [1.165, 1.54) is 0 Å². The molecule has 0 aromatic heterocycles. The van der Waals surface area contributed by atoms with Crippen LogP contribution in [0.2, 0.25) is 0 Å². The number of ether oxygens (including phenoxy) is 1. The van der Waals surface area contributed by atoms with Crippen molar-refractivity contribution in [3.05, 3.63) is 0 Å². The molecule has 110 valence electrons. The van der Waals surface area contributed by atoms with Crippen LogP contribution in [-0.2, 0) is 14.3 Å². The molecule has 0 bridgehead atoms. The Morgan fingerprint density at radius 2 is 2.11 bits per heavy atom. The van der Waals surface area contributed by atoms with Gasteiger partial charge in [-0.2, -0.15) is 0 Å². The predicted octanol–water partition coefficient (Wildman–Crippen LogP) is 1.62. The van der Waals surface area contributed by atoms with Gasteiger partial charge in [-0.3, -0.25) is 9.59 Å². The maximum absolute atomic E-state index is 12.0. The topological polar surface area (TPSA) is 66.8 Å². The fourth-order valence-electron chi connectivity index (χ4n) is 2.68. The summed E-state index contributed by atoms with van der Waals surface area (Å²) in [5.41, 5.74) is 0. The minimum Gasteiger partial charge on any atom is -0.481 e. The van der Waals surface area contributed by atoms with E-state index in [1.54, 1.807) is 4.90 Å². The summed E-state index contributed by atoms with van der Waals surface area (Å²) in [7, 11) is 0. The highest BCUT2D eigenvalue weighted by molar-refractivity contribution is 5.81. The fraction of sp³-hybridized carbons (Fsp3) is 0.857. The van der Waals surface area contributed by atoms with Gasteiger partial charge in [0, 0.05) is 25.6 Å². The zero-order valence-electron chi connectivity index (χ0n) is 12.3. The largest absolute Gasteiger partial charge is 0.481 e. The Hall–Kier alpha value is -1.10. The number of aliphatic carboxylic acids is 1. The van der Waals surface area contributed by atoms with Crippen LogP contribution in [0.3, 0.4) is 0 Å². The van der Waals surface area contributed by atoms with Crippen molar-refractivity contribution >= 4 is 11.9 Å². The number of amides is 1. The molecule has 1 aliphatic heterocycles. The number of carbonyl (C=O) groups excluding carboxylic acids is 1. The highest BCUT2D eigenvalue weighted by atomic mass is 16.5. The molecule has 0 saturated carbocycles. The van der Waals surface area contributed by atoms with Crippen LogP contribution >= 0.6 is 0 Å². The highest BCUT2D eigenvalue weighted by Crippen LogP contribution is 2.29. The minimum atomic E-state index is -0.819. The minimum absolute atomic E-state index is 0.0330. The normalized spacial score (nSPS) is 27.9. The molecule has 1 amide bonds. The molecule has 1 rings (SSSR count). The molecule has 0 aromatic rings. The molecule has 1 fully saturated rings. The predicted molar refractivity (Wildman–Crippen MR) is 71.7 cm³/mol. The van der Waals surface area contributed by atoms with E-state index in [-0.39, 0.29) is 17.9 Å². The van der Waals surface area contributed by atoms with Gasteiger partial charge in [0.15, 0.2) is 0 Å². The van der Waals surface area contributed by atoms with Crippen LogP contribution in [0.5, 0.6) is 0 Å². The molecule has 19 heavy (non-hydrogen) atoms. The van der Waals surface area contributed by atoms with Crippen molar-refractivity contribution in [2.75, 3.05) is 19.8 Å². The summed E-state index contributed by atoms with van der Waals surface area (Å²) in [5, 5.41) is 9.26. The van der Waals surface area contributed by atoms with Crippen molar-refractivity contribution in [1.29, 1.82) is 0 Å². The Morgan fingerprint density at radius 3 is 2.63 bits per heavy atom. The first kappa shape index (κ1) is 16.0. The van der Waals surface area contributed by atoms with Crippen LogP contribution in [0.4, 0.5) is 0 Å². The zero-order valence-corrected chi connectivity index (χ0v) is 12.3. The number of carbonyl (C=O) groups is 2. The third-order valence-electron chi connectivity index (χ3n) is 3.65. The number of hydrogen-bond acceptors (Lipinski definition) is 3. The van der Waals surface area contributed by atoms with Crippen LogP contribution in [-0.4, -0.2) is 47.7 Å². The highest BCUT2D eigenvalue weighted by Gasteiger charge is 2.41. The number of rotatable bonds is 6. The lowest BCUT2D eigenvalue weighted by Crippen LogP contribution is -2.53. The number of likely N-dealkylation sites (tertiary alicyclic amines) is 1. The number of hydrogen-bond donors (Lipinski definition) is 1. The van der Waals surface area contributed by atoms with Crippen molar-refractivity contribution in [2.24, 2.45) is 17.8 Å². The van der Waals surface area contributed by atoms with E-state index < -0.39 is 11.9 Å². The van der Waals surface area contributed by atoms with Crippen LogP contribution in [0.1, 0.15) is 34.1 Å². The van der Waals surface area contributed by atoms with Gasteiger partial charge in [0.1, 0.15) is 0 Å². The summed E-state index contributed by atoms with van der Waals surface area (Å²) >= 11 is 0. The van der Waals surface area contributed by atoms with Crippen molar-refractivity contribution in [1.82, 2.24) is 4.90 Å². The summed E-state index contributed by atoms with van der Waals surface area (Å²) in [5.74, 6) is -0.914. The second-order valence-corrected chi connectivity index (χ2v) is 5.84. The van der Waals surface area contributed by atoms with E-state index in [4.69, 9.17) is 4.74 Å². The second-order valence-electron chi connectivity index (χ2n) is 5.84. The Kier molecular flexibility index (Phi) is 5.79. The van der Waals surface area contributed by atoms with Gasteiger partial charge in [0.25, 0.3) is 0 Å². The molecule has 1 saturated heterocycles. The number of piperidine rings is 1. The van der Waals surface area contributed by atoms with Crippen LogP contribution in [0.15, 0.2) is 0 Å². The number of carboxylic acids is 1. The molecule has 0 aromatic carbocycles. The summed E-state index contributed by atoms with van der Waals surface area (Å²) in [6.07, 6.45) is 0.311. The third kappa shape index (κ3) is 4.20. The van der Waals surface area contributed by atoms with Gasteiger partial charge < -0.3 is 14.7 Å². The Balaban J connectivity index is 2.55. The van der Waals surface area contributed by atoms with Crippen molar-refractivity contribution in [3.63, 3.8) is 0 Å². The van der Waals surface area contributed by atoms with Gasteiger partial charge >= 0.3 is 5.97 Å². The lowest BCUT2D eigenvalue weighted by atomic mass is 9.81. The Bertz CT molecular complexity index is 329. The first-order valence-corrected chi connectivity index (χ1v) is 6.94. The Morgan fingerprint density at radius 1 is 1.47 bits per heavy atom. The number of nitrogens with zero attached hydrogens (tertiary/aromatic N) is 1. The Labute approximate surface area is 114 Å². The molecular formula is C14H25NO4. The van der Waals surface area contributed by atoms with Gasteiger partial charge in [-0.1, -0.05) is 20.8 Å². The van der Waals surface area contributed by atoms with E-state index in [0.717, 1.165) is 0 Å². The molecule has 1 heterocycles. The summed E-state index contributed by atoms with van der Waals surface area (Å²) in [6, 6.07) is -0.267. The van der Waals surface area contributed by atoms with E-state index >= 15 is 0 Å². The standard InChI is InChI=1S/C14H25NO4/c1-9(2)8-19-6-5-15-11(4)13(14(17)18)10(3)7-12(15)16/h9-11,13H,5-8H2,1-4H3,(H,17,18). The molecule has 0 radical (unpaired) electrons. The molecule has 3 atom stereocenters. The third-order valence-corrected chi connectivity index (χ3v) is 3.65. The summed E-state index contributed by atoms with van der Waals surface area (Å²) in [4.78, 5) is 24.9. The molecule has 0 aliphatic carbocycles. The summed E-state index contributed by atoms with van der Waals surface area (Å²) < 4.78 is 5.48. The van der Waals surface area contributed by atoms with Crippen LogP contribution in [0.25, 0.3) is 0 Å². The zero-order chi connectivity index (χ0) is 14.6. The van der Waals surface area contributed by atoms with Gasteiger partial charge in [-0.25, -0.2) is 0 Å². The maximum atomic E-state index is 12.0. The quantitative estimate of drug-likeness (QED) is 0.745. The second kappa shape index (κ2) is 6.89.